The van der Waals surface area contributed by atoms with E-state index in [0.717, 1.165) is 0 Å². The molecule has 2 N–H and O–H groups in total. The summed E-state index contributed by atoms with van der Waals surface area (Å²) in [7, 11) is 0. The van der Waals surface area contributed by atoms with E-state index in [1.807, 2.05) is 0 Å². The van der Waals surface area contributed by atoms with Crippen molar-refractivity contribution in [3.63, 3.8) is 0 Å². The zero-order valence-electron chi connectivity index (χ0n) is 16.8. The largest absolute Gasteiger partial charge is 0.480 e. The maximum absolute atomic E-state index is 13.4. The minimum Gasteiger partial charge on any atom is -0.480 e. The molecule has 0 bridgehead atoms. The van der Waals surface area contributed by atoms with Crippen molar-refractivity contribution in [1.29, 1.82) is 5.26 Å². The fraction of sp³-hybridized carbons (Fsp3) is 0.0833. The predicted molar refractivity (Wildman–Crippen MR) is 120 cm³/mol. The Labute approximate surface area is 198 Å². The van der Waals surface area contributed by atoms with E-state index >= 15 is 0 Å². The number of ether oxygens (including phenoxy) is 3. The van der Waals surface area contributed by atoms with Gasteiger partial charge in [0.1, 0.15) is 34.7 Å². The highest BCUT2D eigenvalue weighted by Crippen LogP contribution is 2.43. The van der Waals surface area contributed by atoms with Gasteiger partial charge in [-0.2, -0.15) is 5.26 Å². The Morgan fingerprint density at radius 1 is 1.12 bits per heavy atom. The van der Waals surface area contributed by atoms with Gasteiger partial charge in [-0.3, -0.25) is 0 Å². The zero-order chi connectivity index (χ0) is 23.5. The van der Waals surface area contributed by atoms with E-state index in [1.165, 1.54) is 24.3 Å². The van der Waals surface area contributed by atoms with Gasteiger partial charge in [0.15, 0.2) is 6.61 Å². The number of fused-ring (bicyclic) bond motifs is 1. The zero-order valence-corrected chi connectivity index (χ0v) is 18.4. The van der Waals surface area contributed by atoms with Crippen LogP contribution in [0.1, 0.15) is 17.0 Å². The molecule has 1 atom stereocenters. The Bertz CT molecular complexity index is 1300. The first kappa shape index (κ1) is 22.5. The molecule has 33 heavy (non-hydrogen) atoms. The van der Waals surface area contributed by atoms with Gasteiger partial charge in [0.2, 0.25) is 5.88 Å². The number of hydrogen-bond donors (Lipinski definition) is 1. The third-order valence-corrected chi connectivity index (χ3v) is 5.40. The molecule has 6 nitrogen and oxygen atoms in total. The first-order valence-electron chi connectivity index (χ1n) is 9.61. The van der Waals surface area contributed by atoms with E-state index in [9.17, 15) is 14.4 Å². The number of benzene rings is 3. The van der Waals surface area contributed by atoms with Gasteiger partial charge in [0.25, 0.3) is 0 Å². The Kier molecular flexibility index (Phi) is 6.40. The Morgan fingerprint density at radius 3 is 2.58 bits per heavy atom. The Hall–Kier alpha value is -3.73. The van der Waals surface area contributed by atoms with Crippen LogP contribution in [-0.2, 0) is 4.79 Å². The number of carbonyl (C=O) groups is 1. The van der Waals surface area contributed by atoms with Gasteiger partial charge in [-0.25, -0.2) is 9.18 Å². The van der Waals surface area contributed by atoms with Crippen LogP contribution in [0.5, 0.6) is 17.2 Å². The number of halogens is 3. The molecular formula is C24H15Cl2FN2O4. The maximum atomic E-state index is 13.4. The summed E-state index contributed by atoms with van der Waals surface area (Å²) in [5, 5.41) is 10.3. The normalized spacial score (nSPS) is 14.7. The Morgan fingerprint density at radius 2 is 1.88 bits per heavy atom. The molecule has 0 aliphatic carbocycles. The lowest BCUT2D eigenvalue weighted by molar-refractivity contribution is -0.136. The van der Waals surface area contributed by atoms with E-state index < -0.39 is 24.3 Å². The molecule has 0 radical (unpaired) electrons. The second-order valence-corrected chi connectivity index (χ2v) is 7.86. The average molecular weight is 485 g/mol. The summed E-state index contributed by atoms with van der Waals surface area (Å²) < 4.78 is 29.7. The van der Waals surface area contributed by atoms with Crippen LogP contribution >= 0.6 is 23.2 Å². The summed E-state index contributed by atoms with van der Waals surface area (Å²) in [5.41, 5.74) is 7.45. The second kappa shape index (κ2) is 9.41. The molecule has 3 aromatic carbocycles. The minimum atomic E-state index is -0.673. The molecule has 1 unspecified atom stereocenters. The molecule has 0 saturated heterocycles. The molecule has 0 amide bonds. The van der Waals surface area contributed by atoms with Gasteiger partial charge in [-0.1, -0.05) is 41.4 Å². The smallest absolute Gasteiger partial charge is 0.349 e. The predicted octanol–water partition coefficient (Wildman–Crippen LogP) is 5.34. The lowest BCUT2D eigenvalue weighted by Gasteiger charge is -2.26. The molecule has 9 heteroatoms. The van der Waals surface area contributed by atoms with E-state index in [-0.39, 0.29) is 28.0 Å². The van der Waals surface area contributed by atoms with Gasteiger partial charge in [0, 0.05) is 16.7 Å². The van der Waals surface area contributed by atoms with Crippen LogP contribution in [0.3, 0.4) is 0 Å². The Balaban J connectivity index is 1.53. The lowest BCUT2D eigenvalue weighted by Crippen LogP contribution is -2.21. The number of rotatable bonds is 5. The molecule has 0 fully saturated rings. The third-order valence-electron chi connectivity index (χ3n) is 4.87. The maximum Gasteiger partial charge on any atom is 0.349 e. The number of nitrogens with zero attached hydrogens (tertiary/aromatic N) is 1. The van der Waals surface area contributed by atoms with Crippen LogP contribution in [0.4, 0.5) is 4.39 Å². The van der Waals surface area contributed by atoms with E-state index in [0.29, 0.717) is 21.9 Å². The van der Waals surface area contributed by atoms with Crippen molar-refractivity contribution in [2.75, 3.05) is 6.61 Å². The second-order valence-electron chi connectivity index (χ2n) is 7.01. The molecule has 1 aliphatic heterocycles. The van der Waals surface area contributed by atoms with Crippen LogP contribution in [0.25, 0.3) is 0 Å². The molecular weight excluding hydrogens is 470 g/mol. The molecule has 0 saturated carbocycles. The van der Waals surface area contributed by atoms with Gasteiger partial charge < -0.3 is 19.9 Å². The summed E-state index contributed by atoms with van der Waals surface area (Å²) in [4.78, 5) is 12.2. The summed E-state index contributed by atoms with van der Waals surface area (Å²) in [5.74, 6) is -0.916. The van der Waals surface area contributed by atoms with Crippen LogP contribution in [-0.4, -0.2) is 12.6 Å². The fourth-order valence-corrected chi connectivity index (χ4v) is 3.85. The topological polar surface area (TPSA) is 94.6 Å². The van der Waals surface area contributed by atoms with Gasteiger partial charge in [-0.05, 0) is 42.0 Å². The fourth-order valence-electron chi connectivity index (χ4n) is 3.39. The number of carbonyl (C=O) groups excluding carboxylic acids is 1. The first-order valence-corrected chi connectivity index (χ1v) is 10.4. The highest BCUT2D eigenvalue weighted by Gasteiger charge is 2.31. The quantitative estimate of drug-likeness (QED) is 0.388. The summed E-state index contributed by atoms with van der Waals surface area (Å²) >= 11 is 11.9. The number of hydrogen-bond acceptors (Lipinski definition) is 6. The van der Waals surface area contributed by atoms with Crippen molar-refractivity contribution in [2.24, 2.45) is 5.73 Å². The molecule has 1 heterocycles. The summed E-state index contributed by atoms with van der Waals surface area (Å²) in [6, 6.07) is 17.1. The highest BCUT2D eigenvalue weighted by atomic mass is 35.5. The number of nitrogens with two attached hydrogens (primary N) is 1. The van der Waals surface area contributed by atoms with E-state index in [2.05, 4.69) is 6.07 Å². The lowest BCUT2D eigenvalue weighted by atomic mass is 9.83. The standard InChI is InChI=1S/C24H15Cl2FN2O4/c25-14-3-8-20(19(26)9-14)31-12-22(30)32-16-6-7-17-21(10-16)33-24(29)18(11-28)23(17)13-1-4-15(27)5-2-13/h1-10,23H,12,29H2. The first-order chi connectivity index (χ1) is 15.9. The van der Waals surface area contributed by atoms with Crippen molar-refractivity contribution in [3.8, 4) is 23.3 Å². The monoisotopic (exact) mass is 484 g/mol. The summed E-state index contributed by atoms with van der Waals surface area (Å²) in [6.07, 6.45) is 0. The van der Waals surface area contributed by atoms with Gasteiger partial charge >= 0.3 is 5.97 Å². The number of allylic oxidation sites excluding steroid dienone is 1. The SMILES string of the molecule is N#CC1=C(N)Oc2cc(OC(=O)COc3ccc(Cl)cc3Cl)ccc2C1c1ccc(F)cc1. The van der Waals surface area contributed by atoms with Gasteiger partial charge in [-0.15, -0.1) is 0 Å². The molecule has 0 spiro atoms. The molecule has 0 aromatic heterocycles. The summed E-state index contributed by atoms with van der Waals surface area (Å²) in [6.45, 7) is -0.391. The van der Waals surface area contributed by atoms with Gasteiger partial charge in [0.05, 0.1) is 10.9 Å². The number of nitriles is 1. The van der Waals surface area contributed by atoms with E-state index in [1.54, 1.807) is 36.4 Å². The van der Waals surface area contributed by atoms with E-state index in [4.69, 9.17) is 43.1 Å². The molecule has 3 aromatic rings. The van der Waals surface area contributed by atoms with Crippen LogP contribution < -0.4 is 19.9 Å². The van der Waals surface area contributed by atoms with Crippen LogP contribution in [0, 0.1) is 17.1 Å². The highest BCUT2D eigenvalue weighted by molar-refractivity contribution is 6.35. The van der Waals surface area contributed by atoms with Crippen molar-refractivity contribution < 1.29 is 23.4 Å². The molecule has 1 aliphatic rings. The molecule has 4 rings (SSSR count). The third kappa shape index (κ3) is 4.87. The van der Waals surface area contributed by atoms with Crippen LogP contribution in [0.2, 0.25) is 10.0 Å². The van der Waals surface area contributed by atoms with Crippen molar-refractivity contribution in [3.05, 3.63) is 99.1 Å². The average Bonchev–Trinajstić information content (AvgIpc) is 2.78. The van der Waals surface area contributed by atoms with Crippen LogP contribution in [0.15, 0.2) is 72.1 Å². The number of esters is 1. The molecule has 166 valence electrons. The van der Waals surface area contributed by atoms with Crippen molar-refractivity contribution in [1.82, 2.24) is 0 Å². The minimum absolute atomic E-state index is 0.0801. The van der Waals surface area contributed by atoms with Crippen molar-refractivity contribution >= 4 is 29.2 Å². The van der Waals surface area contributed by atoms with Crippen molar-refractivity contribution in [2.45, 2.75) is 5.92 Å².